The number of aryl methyl sites for hydroxylation is 2. The third-order valence-electron chi connectivity index (χ3n) is 5.80. The maximum atomic E-state index is 13.1. The summed E-state index contributed by atoms with van der Waals surface area (Å²) in [5.74, 6) is 1.28. The van der Waals surface area contributed by atoms with Crippen LogP contribution in [0.2, 0.25) is 0 Å². The molecule has 8 heteroatoms. The molecule has 2 aliphatic heterocycles. The Morgan fingerprint density at radius 2 is 1.87 bits per heavy atom. The molecule has 1 aromatic heterocycles. The lowest BCUT2D eigenvalue weighted by Gasteiger charge is -2.27. The molecule has 1 atom stereocenters. The highest BCUT2D eigenvalue weighted by Gasteiger charge is 2.31. The first-order valence-corrected chi connectivity index (χ1v) is 10.4. The second kappa shape index (κ2) is 7.61. The molecule has 8 nitrogen and oxygen atoms in total. The number of amides is 1. The van der Waals surface area contributed by atoms with Crippen LogP contribution >= 0.6 is 0 Å². The van der Waals surface area contributed by atoms with Crippen LogP contribution in [-0.2, 0) is 19.6 Å². The van der Waals surface area contributed by atoms with Crippen molar-refractivity contribution in [3.8, 4) is 11.5 Å². The molecule has 1 amide bonds. The fourth-order valence-corrected chi connectivity index (χ4v) is 4.06. The standard InChI is InChI=1S/C23H24N4O4/c1-15-7-8-16(2)17(11-15)12-25-9-10-26-21(22(25)28)24-27(23(26)29)13-18-14-30-19-5-3-4-6-20(19)31-18/h3-8,11,18H,9-10,12-14H2,1-2H3. The number of aromatic nitrogens is 3. The number of nitrogens with zero attached hydrogens (tertiary/aromatic N) is 4. The average Bonchev–Trinajstić information content (AvgIpc) is 3.08. The highest BCUT2D eigenvalue weighted by molar-refractivity contribution is 5.91. The minimum atomic E-state index is -0.356. The zero-order chi connectivity index (χ0) is 21.5. The Labute approximate surface area is 179 Å². The maximum Gasteiger partial charge on any atom is 0.346 e. The monoisotopic (exact) mass is 420 g/mol. The van der Waals surface area contributed by atoms with E-state index in [-0.39, 0.29) is 30.1 Å². The van der Waals surface area contributed by atoms with Crippen LogP contribution in [0.15, 0.2) is 47.3 Å². The molecule has 160 valence electrons. The van der Waals surface area contributed by atoms with E-state index in [9.17, 15) is 9.59 Å². The molecule has 0 saturated carbocycles. The summed E-state index contributed by atoms with van der Waals surface area (Å²) in [5.41, 5.74) is 3.11. The average molecular weight is 420 g/mol. The van der Waals surface area contributed by atoms with E-state index in [2.05, 4.69) is 23.3 Å². The Hall–Kier alpha value is -3.55. The number of para-hydroxylation sites is 2. The summed E-state index contributed by atoms with van der Waals surface area (Å²) in [4.78, 5) is 27.7. The molecule has 0 saturated heterocycles. The highest BCUT2D eigenvalue weighted by atomic mass is 16.6. The number of hydrogen-bond acceptors (Lipinski definition) is 5. The Morgan fingerprint density at radius 1 is 1.06 bits per heavy atom. The van der Waals surface area contributed by atoms with Gasteiger partial charge in [0.15, 0.2) is 17.6 Å². The minimum absolute atomic E-state index is 0.179. The molecule has 3 aromatic rings. The van der Waals surface area contributed by atoms with Crippen molar-refractivity contribution in [2.75, 3.05) is 13.2 Å². The Bertz CT molecular complexity index is 1210. The summed E-state index contributed by atoms with van der Waals surface area (Å²) in [6.45, 7) is 6.02. The third kappa shape index (κ3) is 3.58. The van der Waals surface area contributed by atoms with Crippen molar-refractivity contribution < 1.29 is 14.3 Å². The lowest BCUT2D eigenvalue weighted by Crippen LogP contribution is -2.43. The van der Waals surface area contributed by atoms with Gasteiger partial charge in [0.05, 0.1) is 6.54 Å². The Kier molecular flexibility index (Phi) is 4.77. The third-order valence-corrected chi connectivity index (χ3v) is 5.80. The first-order valence-electron chi connectivity index (χ1n) is 10.4. The van der Waals surface area contributed by atoms with Crippen molar-refractivity contribution in [1.29, 1.82) is 0 Å². The van der Waals surface area contributed by atoms with Gasteiger partial charge in [-0.05, 0) is 37.1 Å². The van der Waals surface area contributed by atoms with E-state index in [1.807, 2.05) is 38.1 Å². The lowest BCUT2D eigenvalue weighted by molar-refractivity contribution is 0.0678. The molecule has 2 aliphatic rings. The summed E-state index contributed by atoms with van der Waals surface area (Å²) in [6, 6.07) is 13.6. The molecule has 0 bridgehead atoms. The number of hydrogen-bond donors (Lipinski definition) is 0. The van der Waals surface area contributed by atoms with Crippen LogP contribution in [-0.4, -0.2) is 44.4 Å². The maximum absolute atomic E-state index is 13.1. The number of ether oxygens (including phenoxy) is 2. The Morgan fingerprint density at radius 3 is 2.71 bits per heavy atom. The fraction of sp³-hybridized carbons (Fsp3) is 0.348. The quantitative estimate of drug-likeness (QED) is 0.646. The summed E-state index contributed by atoms with van der Waals surface area (Å²) < 4.78 is 14.4. The van der Waals surface area contributed by atoms with E-state index in [0.29, 0.717) is 37.7 Å². The van der Waals surface area contributed by atoms with Gasteiger partial charge in [-0.1, -0.05) is 35.9 Å². The summed E-state index contributed by atoms with van der Waals surface area (Å²) in [7, 11) is 0. The fourth-order valence-electron chi connectivity index (χ4n) is 4.06. The van der Waals surface area contributed by atoms with Crippen molar-refractivity contribution in [3.05, 3.63) is 75.5 Å². The van der Waals surface area contributed by atoms with Crippen molar-refractivity contribution >= 4 is 5.91 Å². The normalized spacial score (nSPS) is 17.5. The minimum Gasteiger partial charge on any atom is -0.486 e. The molecule has 2 aromatic carbocycles. The van der Waals surface area contributed by atoms with Crippen LogP contribution in [0, 0.1) is 13.8 Å². The van der Waals surface area contributed by atoms with Gasteiger partial charge >= 0.3 is 5.69 Å². The Balaban J connectivity index is 1.34. The molecule has 31 heavy (non-hydrogen) atoms. The number of rotatable bonds is 4. The first-order chi connectivity index (χ1) is 15.0. The van der Waals surface area contributed by atoms with Gasteiger partial charge in [-0.15, -0.1) is 5.10 Å². The summed E-state index contributed by atoms with van der Waals surface area (Å²) in [6.07, 6.45) is -0.356. The van der Waals surface area contributed by atoms with Crippen LogP contribution < -0.4 is 15.2 Å². The molecule has 0 N–H and O–H groups in total. The molecular weight excluding hydrogens is 396 g/mol. The van der Waals surface area contributed by atoms with Crippen LogP contribution in [0.4, 0.5) is 0 Å². The predicted molar refractivity (Wildman–Crippen MR) is 113 cm³/mol. The number of carbonyl (C=O) groups is 1. The van der Waals surface area contributed by atoms with Crippen LogP contribution in [0.25, 0.3) is 0 Å². The van der Waals surface area contributed by atoms with Crippen LogP contribution in [0.5, 0.6) is 11.5 Å². The number of benzene rings is 2. The van der Waals surface area contributed by atoms with Gasteiger partial charge in [0.25, 0.3) is 5.91 Å². The molecule has 3 heterocycles. The predicted octanol–water partition coefficient (Wildman–Crippen LogP) is 2.16. The lowest BCUT2D eigenvalue weighted by atomic mass is 10.0. The first kappa shape index (κ1) is 19.4. The smallest absolute Gasteiger partial charge is 0.346 e. The van der Waals surface area contributed by atoms with Crippen molar-refractivity contribution in [2.45, 2.75) is 39.6 Å². The molecule has 0 aliphatic carbocycles. The summed E-state index contributed by atoms with van der Waals surface area (Å²) >= 11 is 0. The number of fused-ring (bicyclic) bond motifs is 2. The SMILES string of the molecule is Cc1ccc(C)c(CN2CCn3c(nn(CC4COc5ccccc5O4)c3=O)C2=O)c1. The van der Waals surface area contributed by atoms with Gasteiger partial charge in [0.1, 0.15) is 6.61 Å². The largest absolute Gasteiger partial charge is 0.486 e. The second-order valence-corrected chi connectivity index (χ2v) is 8.09. The molecular formula is C23H24N4O4. The van der Waals surface area contributed by atoms with Gasteiger partial charge in [0.2, 0.25) is 5.82 Å². The van der Waals surface area contributed by atoms with Crippen molar-refractivity contribution in [1.82, 2.24) is 19.2 Å². The van der Waals surface area contributed by atoms with Gasteiger partial charge in [-0.2, -0.15) is 0 Å². The van der Waals surface area contributed by atoms with Gasteiger partial charge in [-0.3, -0.25) is 9.36 Å². The summed E-state index contributed by atoms with van der Waals surface area (Å²) in [5, 5.41) is 4.35. The van der Waals surface area contributed by atoms with E-state index in [4.69, 9.17) is 9.47 Å². The molecule has 0 spiro atoms. The molecule has 0 radical (unpaired) electrons. The molecule has 1 unspecified atom stereocenters. The molecule has 0 fully saturated rings. The molecule has 5 rings (SSSR count). The zero-order valence-electron chi connectivity index (χ0n) is 17.6. The van der Waals surface area contributed by atoms with Gasteiger partial charge in [0, 0.05) is 19.6 Å². The van der Waals surface area contributed by atoms with Crippen LogP contribution in [0.3, 0.4) is 0 Å². The van der Waals surface area contributed by atoms with Crippen LogP contribution in [0.1, 0.15) is 27.3 Å². The van der Waals surface area contributed by atoms with E-state index in [1.54, 1.807) is 4.90 Å². The van der Waals surface area contributed by atoms with Crippen molar-refractivity contribution in [3.63, 3.8) is 0 Å². The van der Waals surface area contributed by atoms with E-state index in [1.165, 1.54) is 9.25 Å². The topological polar surface area (TPSA) is 78.6 Å². The van der Waals surface area contributed by atoms with E-state index in [0.717, 1.165) is 16.7 Å². The van der Waals surface area contributed by atoms with E-state index >= 15 is 0 Å². The highest BCUT2D eigenvalue weighted by Crippen LogP contribution is 2.31. The van der Waals surface area contributed by atoms with E-state index < -0.39 is 0 Å². The van der Waals surface area contributed by atoms with Gasteiger partial charge in [-0.25, -0.2) is 9.48 Å². The number of carbonyl (C=O) groups excluding carboxylic acids is 1. The zero-order valence-corrected chi connectivity index (χ0v) is 17.6. The second-order valence-electron chi connectivity index (χ2n) is 8.09. The van der Waals surface area contributed by atoms with Crippen molar-refractivity contribution in [2.24, 2.45) is 0 Å². The van der Waals surface area contributed by atoms with Gasteiger partial charge < -0.3 is 14.4 Å².